The Balaban J connectivity index is 1.13. The van der Waals surface area contributed by atoms with Crippen molar-refractivity contribution < 1.29 is 33.6 Å². The summed E-state index contributed by atoms with van der Waals surface area (Å²) in [6, 6.07) is 8.54. The number of hydrogen-bond acceptors (Lipinski definition) is 7. The number of carbonyl (C=O) groups is 7. The molecule has 2 atom stereocenters. The number of benzene rings is 2. The van der Waals surface area contributed by atoms with Gasteiger partial charge < -0.3 is 15.1 Å². The zero-order valence-corrected chi connectivity index (χ0v) is 22.3. The number of fused-ring (bicyclic) bond motifs is 2. The maximum Gasteiger partial charge on any atom is 0.255 e. The summed E-state index contributed by atoms with van der Waals surface area (Å²) in [6.07, 6.45) is 0.634. The van der Waals surface area contributed by atoms with Crippen LogP contribution in [0.15, 0.2) is 36.4 Å². The molecule has 0 aromatic heterocycles. The van der Waals surface area contributed by atoms with Gasteiger partial charge in [-0.15, -0.1) is 0 Å². The molecule has 212 valence electrons. The topological polar surface area (TPSA) is 162 Å². The first-order chi connectivity index (χ1) is 20.2. The Kier molecular flexibility index (Phi) is 6.78. The highest BCUT2D eigenvalue weighted by molar-refractivity contribution is 6.07. The average molecular weight is 568 g/mol. The lowest BCUT2D eigenvalue weighted by atomic mass is 10.0. The van der Waals surface area contributed by atoms with Gasteiger partial charge in [0.25, 0.3) is 11.8 Å². The van der Waals surface area contributed by atoms with Gasteiger partial charge in [-0.2, -0.15) is 0 Å². The summed E-state index contributed by atoms with van der Waals surface area (Å²) in [7, 11) is 0. The van der Waals surface area contributed by atoms with Crippen molar-refractivity contribution in [2.75, 3.05) is 5.32 Å². The normalized spacial score (nSPS) is 21.3. The van der Waals surface area contributed by atoms with Crippen LogP contribution in [0.4, 0.5) is 5.69 Å². The molecule has 0 aliphatic carbocycles. The van der Waals surface area contributed by atoms with Gasteiger partial charge in [0.2, 0.25) is 29.5 Å². The number of carbonyl (C=O) groups excluding carboxylic acids is 7. The molecule has 6 rings (SSSR count). The molecule has 4 aliphatic rings. The van der Waals surface area contributed by atoms with Gasteiger partial charge in [-0.3, -0.25) is 44.2 Å². The van der Waals surface area contributed by atoms with Crippen molar-refractivity contribution in [3.63, 3.8) is 0 Å². The fourth-order valence-corrected chi connectivity index (χ4v) is 5.82. The van der Waals surface area contributed by atoms with E-state index in [9.17, 15) is 33.6 Å². The largest absolute Gasteiger partial charge is 0.325 e. The van der Waals surface area contributed by atoms with Crippen molar-refractivity contribution in [1.29, 1.82) is 0 Å². The number of hydrogen-bond donors (Lipinski definition) is 3. The summed E-state index contributed by atoms with van der Waals surface area (Å²) < 4.78 is 0. The van der Waals surface area contributed by atoms with E-state index in [0.29, 0.717) is 33.5 Å². The Hall–Kier alpha value is -5.31. The van der Waals surface area contributed by atoms with Gasteiger partial charge in [0.15, 0.2) is 0 Å². The van der Waals surface area contributed by atoms with E-state index in [-0.39, 0.29) is 68.8 Å². The van der Waals surface area contributed by atoms with Gasteiger partial charge in [-0.25, -0.2) is 0 Å². The predicted octanol–water partition coefficient (Wildman–Crippen LogP) is 0.589. The Labute approximate surface area is 239 Å². The number of imide groups is 2. The summed E-state index contributed by atoms with van der Waals surface area (Å²) in [4.78, 5) is 89.4. The van der Waals surface area contributed by atoms with E-state index in [2.05, 4.69) is 27.8 Å². The van der Waals surface area contributed by atoms with Crippen LogP contribution in [-0.2, 0) is 37.1 Å². The lowest BCUT2D eigenvalue weighted by Gasteiger charge is -2.29. The van der Waals surface area contributed by atoms with Crippen LogP contribution in [0.1, 0.15) is 69.5 Å². The van der Waals surface area contributed by atoms with Gasteiger partial charge in [0, 0.05) is 53.9 Å². The minimum Gasteiger partial charge on any atom is -0.325 e. The molecule has 4 aliphatic heterocycles. The highest BCUT2D eigenvalue weighted by Crippen LogP contribution is 2.33. The van der Waals surface area contributed by atoms with Gasteiger partial charge >= 0.3 is 0 Å². The lowest BCUT2D eigenvalue weighted by Crippen LogP contribution is -2.52. The van der Waals surface area contributed by atoms with Crippen molar-refractivity contribution in [3.8, 4) is 11.8 Å². The van der Waals surface area contributed by atoms with E-state index < -0.39 is 29.8 Å². The molecule has 0 bridgehead atoms. The molecule has 0 spiro atoms. The summed E-state index contributed by atoms with van der Waals surface area (Å²) in [6.45, 7) is 0.293. The van der Waals surface area contributed by atoms with Crippen LogP contribution in [-0.4, -0.2) is 63.2 Å². The highest BCUT2D eigenvalue weighted by atomic mass is 16.2. The summed E-state index contributed by atoms with van der Waals surface area (Å²) in [5, 5.41) is 7.35. The molecule has 2 saturated heterocycles. The van der Waals surface area contributed by atoms with Crippen LogP contribution in [0.5, 0.6) is 0 Å². The molecule has 2 aromatic rings. The second-order valence-corrected chi connectivity index (χ2v) is 10.5. The first kappa shape index (κ1) is 26.9. The van der Waals surface area contributed by atoms with Gasteiger partial charge in [0.05, 0.1) is 6.42 Å². The van der Waals surface area contributed by atoms with Gasteiger partial charge in [-0.1, -0.05) is 24.0 Å². The van der Waals surface area contributed by atoms with Gasteiger partial charge in [0.1, 0.15) is 12.1 Å². The number of nitrogens with one attached hydrogen (secondary N) is 3. The van der Waals surface area contributed by atoms with Crippen molar-refractivity contribution >= 4 is 47.0 Å². The standard InChI is InChI=1S/C30H25N5O7/c36-24(31-21-8-3-7-18-20(21)15-35(30(18)42)23-11-13-26(38)33-28(23)40)9-2-5-16-4-1-6-17-19(16)14-34(29(17)41)22-10-12-25(37)32-27(22)39/h1,3-4,6-8,22-23H,9-15H2,(H,31,36)(H,32,37,39)(H,33,38,40). The average Bonchev–Trinajstić information content (AvgIpc) is 3.47. The number of anilines is 1. The second kappa shape index (κ2) is 10.6. The Morgan fingerprint density at radius 3 is 1.93 bits per heavy atom. The van der Waals surface area contributed by atoms with Crippen LogP contribution >= 0.6 is 0 Å². The molecular formula is C30H25N5O7. The number of nitrogens with zero attached hydrogens (tertiary/aromatic N) is 2. The quantitative estimate of drug-likeness (QED) is 0.360. The van der Waals surface area contributed by atoms with Crippen LogP contribution in [0.3, 0.4) is 0 Å². The SMILES string of the molecule is O=C1CCC(N2Cc3c(C#CCC(=O)Nc4cccc5c4CN(C4CCC(=O)NC4=O)C5=O)cccc3C2=O)C(=O)N1. The summed E-state index contributed by atoms with van der Waals surface area (Å²) in [5.41, 5.74) is 3.06. The monoisotopic (exact) mass is 567 g/mol. The molecule has 2 unspecified atom stereocenters. The Morgan fingerprint density at radius 2 is 1.33 bits per heavy atom. The molecule has 42 heavy (non-hydrogen) atoms. The maximum absolute atomic E-state index is 13.0. The minimum atomic E-state index is -0.762. The summed E-state index contributed by atoms with van der Waals surface area (Å²) in [5.74, 6) is 3.03. The maximum atomic E-state index is 13.0. The molecular weight excluding hydrogens is 542 g/mol. The van der Waals surface area contributed by atoms with Crippen molar-refractivity contribution in [3.05, 3.63) is 64.2 Å². The molecule has 12 heteroatoms. The number of rotatable bonds is 4. The third-order valence-corrected chi connectivity index (χ3v) is 7.91. The van der Waals surface area contributed by atoms with Crippen molar-refractivity contribution in [2.45, 2.75) is 57.3 Å². The fraction of sp³-hybridized carbons (Fsp3) is 0.300. The zero-order chi connectivity index (χ0) is 29.5. The molecule has 4 heterocycles. The van der Waals surface area contributed by atoms with E-state index >= 15 is 0 Å². The smallest absolute Gasteiger partial charge is 0.255 e. The van der Waals surface area contributed by atoms with E-state index in [1.807, 2.05) is 0 Å². The Bertz CT molecular complexity index is 1670. The number of amides is 7. The molecule has 0 saturated carbocycles. The molecule has 2 aromatic carbocycles. The van der Waals surface area contributed by atoms with Crippen molar-refractivity contribution in [1.82, 2.24) is 20.4 Å². The van der Waals surface area contributed by atoms with E-state index in [0.717, 1.165) is 0 Å². The van der Waals surface area contributed by atoms with Gasteiger partial charge in [-0.05, 0) is 42.7 Å². The predicted molar refractivity (Wildman–Crippen MR) is 145 cm³/mol. The molecule has 12 nitrogen and oxygen atoms in total. The van der Waals surface area contributed by atoms with Crippen LogP contribution in [0.25, 0.3) is 0 Å². The van der Waals surface area contributed by atoms with E-state index in [1.54, 1.807) is 36.4 Å². The van der Waals surface area contributed by atoms with Crippen LogP contribution in [0, 0.1) is 11.8 Å². The molecule has 7 amide bonds. The first-order valence-electron chi connectivity index (χ1n) is 13.5. The highest BCUT2D eigenvalue weighted by Gasteiger charge is 2.41. The second-order valence-electron chi connectivity index (χ2n) is 10.5. The molecule has 3 N–H and O–H groups in total. The Morgan fingerprint density at radius 1 is 0.786 bits per heavy atom. The third kappa shape index (κ3) is 4.79. The van der Waals surface area contributed by atoms with Crippen LogP contribution < -0.4 is 16.0 Å². The molecule has 0 radical (unpaired) electrons. The molecule has 2 fully saturated rings. The first-order valence-corrected chi connectivity index (χ1v) is 13.5. The summed E-state index contributed by atoms with van der Waals surface area (Å²) >= 11 is 0. The van der Waals surface area contributed by atoms with Crippen LogP contribution in [0.2, 0.25) is 0 Å². The van der Waals surface area contributed by atoms with Crippen molar-refractivity contribution in [2.24, 2.45) is 0 Å². The fourth-order valence-electron chi connectivity index (χ4n) is 5.82. The third-order valence-electron chi connectivity index (χ3n) is 7.91. The van der Waals surface area contributed by atoms with E-state index in [4.69, 9.17) is 0 Å². The number of piperidine rings is 2. The zero-order valence-electron chi connectivity index (χ0n) is 22.3. The lowest BCUT2D eigenvalue weighted by molar-refractivity contribution is -0.138. The minimum absolute atomic E-state index is 0.121. The van der Waals surface area contributed by atoms with E-state index in [1.165, 1.54) is 9.80 Å².